The maximum absolute atomic E-state index is 13.8. The van der Waals surface area contributed by atoms with Crippen molar-refractivity contribution < 1.29 is 57.6 Å². The van der Waals surface area contributed by atoms with Gasteiger partial charge in [-0.15, -0.1) is 0 Å². The summed E-state index contributed by atoms with van der Waals surface area (Å²) in [6.07, 6.45) is 8.76. The molecule has 0 aromatic carbocycles. The number of unbranched alkanes of at least 4 members (excludes halogenated alkanes) is 13. The Morgan fingerprint density at radius 3 is 1.30 bits per heavy atom. The van der Waals surface area contributed by atoms with E-state index in [2.05, 4.69) is 6.92 Å². The van der Waals surface area contributed by atoms with E-state index in [0.717, 1.165) is 32.1 Å². The number of nitrogens with one attached hydrogen (secondary N) is 1. The highest BCUT2D eigenvalue weighted by Crippen LogP contribution is 2.57. The van der Waals surface area contributed by atoms with Crippen molar-refractivity contribution in [1.29, 1.82) is 0 Å². The van der Waals surface area contributed by atoms with Gasteiger partial charge in [0.15, 0.2) is 0 Å². The van der Waals surface area contributed by atoms with Crippen LogP contribution in [0.2, 0.25) is 0 Å². The van der Waals surface area contributed by atoms with Gasteiger partial charge in [-0.05, 0) is 12.8 Å². The first kappa shape index (κ1) is 38.7. The van der Waals surface area contributed by atoms with Gasteiger partial charge in [-0.1, -0.05) is 84.0 Å². The summed E-state index contributed by atoms with van der Waals surface area (Å²) < 4.78 is 144. The number of likely N-dealkylation sites (N-methyl/N-ethyl adjacent to an activating group) is 1. The summed E-state index contributed by atoms with van der Waals surface area (Å²) in [6.45, 7) is 1.86. The maximum Gasteiger partial charge on any atom is 0.460 e. The fourth-order valence-corrected chi connectivity index (χ4v) is 4.14. The number of nitrogens with zero attached hydrogens (tertiary/aromatic N) is 1. The van der Waals surface area contributed by atoms with Gasteiger partial charge in [0.2, 0.25) is 0 Å². The van der Waals surface area contributed by atoms with Crippen molar-refractivity contribution in [2.75, 3.05) is 33.7 Å². The number of alkyl halides is 11. The first-order valence-corrected chi connectivity index (χ1v) is 13.9. The Kier molecular flexibility index (Phi) is 15.8. The van der Waals surface area contributed by atoms with Crippen LogP contribution in [0.3, 0.4) is 0 Å². The largest absolute Gasteiger partial charge is 0.460 e. The predicted molar refractivity (Wildman–Crippen MR) is 131 cm³/mol. The van der Waals surface area contributed by atoms with Gasteiger partial charge in [-0.3, -0.25) is 4.79 Å². The molecule has 0 unspecified atom stereocenters. The molecule has 0 atom stereocenters. The van der Waals surface area contributed by atoms with Gasteiger partial charge >= 0.3 is 29.9 Å². The first-order valence-electron chi connectivity index (χ1n) is 13.9. The molecular weight excluding hydrogens is 565 g/mol. The number of carbonyl (C=O) groups excluding carboxylic acids is 1. The molecule has 0 aliphatic rings. The van der Waals surface area contributed by atoms with Crippen LogP contribution in [0.15, 0.2) is 0 Å². The first-order chi connectivity index (χ1) is 18.2. The molecule has 0 spiro atoms. The molecule has 0 aromatic heterocycles. The fraction of sp³-hybridized carbons (Fsp3) is 0.962. The molecule has 0 heterocycles. The SMILES string of the molecule is CCCCCCCCCCCCCCCC[N+](C)(C)CCNC(=O)C(F)(F)C(F)(F)C(F)(F)C(F)(F)C(F)(F)F. The predicted octanol–water partition coefficient (Wildman–Crippen LogP) is 8.76. The lowest BCUT2D eigenvalue weighted by atomic mass is 9.97. The molecule has 0 aromatic rings. The van der Waals surface area contributed by atoms with Crippen molar-refractivity contribution in [3.05, 3.63) is 0 Å². The summed E-state index contributed by atoms with van der Waals surface area (Å²) in [5.74, 6) is -32.1. The average Bonchev–Trinajstić information content (AvgIpc) is 2.82. The van der Waals surface area contributed by atoms with E-state index in [-0.39, 0.29) is 11.0 Å². The molecule has 3 nitrogen and oxygen atoms in total. The van der Waals surface area contributed by atoms with Crippen molar-refractivity contribution in [2.24, 2.45) is 0 Å². The van der Waals surface area contributed by atoms with Crippen LogP contribution < -0.4 is 5.32 Å². The molecule has 0 aliphatic carbocycles. The molecule has 0 radical (unpaired) electrons. The number of amides is 1. The summed E-state index contributed by atoms with van der Waals surface area (Å²) >= 11 is 0. The number of carbonyl (C=O) groups is 1. The van der Waals surface area contributed by atoms with Crippen LogP contribution in [0.4, 0.5) is 48.3 Å². The van der Waals surface area contributed by atoms with E-state index in [0.29, 0.717) is 6.54 Å². The van der Waals surface area contributed by atoms with Gasteiger partial charge < -0.3 is 9.80 Å². The normalized spacial score (nSPS) is 14.1. The summed E-state index contributed by atoms with van der Waals surface area (Å²) in [6, 6.07) is 0. The van der Waals surface area contributed by atoms with Gasteiger partial charge in [-0.25, -0.2) is 0 Å². The van der Waals surface area contributed by atoms with Crippen LogP contribution in [0.25, 0.3) is 0 Å². The van der Waals surface area contributed by atoms with Gasteiger partial charge in [-0.2, -0.15) is 48.3 Å². The molecule has 0 bridgehead atoms. The molecule has 1 N–H and O–H groups in total. The van der Waals surface area contributed by atoms with Crippen LogP contribution in [-0.2, 0) is 4.79 Å². The Balaban J connectivity index is 4.39. The van der Waals surface area contributed by atoms with E-state index in [1.807, 2.05) is 0 Å². The maximum atomic E-state index is 13.8. The van der Waals surface area contributed by atoms with Crippen LogP contribution in [0.5, 0.6) is 0 Å². The molecule has 0 saturated carbocycles. The second kappa shape index (κ2) is 16.3. The van der Waals surface area contributed by atoms with Gasteiger partial charge in [0.05, 0.1) is 33.7 Å². The minimum Gasteiger partial charge on any atom is -0.345 e. The molecule has 240 valence electrons. The number of hydrogen-bond donors (Lipinski definition) is 1. The Morgan fingerprint density at radius 1 is 0.550 bits per heavy atom. The molecule has 0 saturated heterocycles. The summed E-state index contributed by atoms with van der Waals surface area (Å²) in [5, 5.41) is 1.26. The van der Waals surface area contributed by atoms with Crippen LogP contribution in [-0.4, -0.2) is 74.0 Å². The van der Waals surface area contributed by atoms with Gasteiger partial charge in [0, 0.05) is 0 Å². The van der Waals surface area contributed by atoms with E-state index in [1.54, 1.807) is 14.1 Å². The Morgan fingerprint density at radius 2 is 0.925 bits per heavy atom. The zero-order valence-electron chi connectivity index (χ0n) is 23.5. The third kappa shape index (κ3) is 11.2. The molecule has 14 heteroatoms. The number of hydrogen-bond acceptors (Lipinski definition) is 1. The molecule has 0 aliphatic heterocycles. The second-order valence-corrected chi connectivity index (χ2v) is 11.0. The van der Waals surface area contributed by atoms with Gasteiger partial charge in [0.25, 0.3) is 5.91 Å². The Labute approximate surface area is 229 Å². The number of halogens is 11. The van der Waals surface area contributed by atoms with E-state index < -0.39 is 42.3 Å². The van der Waals surface area contributed by atoms with E-state index in [4.69, 9.17) is 0 Å². The minimum atomic E-state index is -7.59. The minimum absolute atomic E-state index is 0.110. The monoisotopic (exact) mass is 609 g/mol. The van der Waals surface area contributed by atoms with Crippen LogP contribution in [0, 0.1) is 0 Å². The standard InChI is InChI=1S/C26H43F11N2O/c1-4-5-6-7-8-9-10-11-12-13-14-15-16-17-19-39(2,3)20-18-38-21(40)22(27,28)23(29,30)24(31,32)25(33,34)26(35,36)37/h4-20H2,1-3H3/p+1. The fourth-order valence-electron chi connectivity index (χ4n) is 4.14. The highest BCUT2D eigenvalue weighted by Gasteiger charge is 2.88. The summed E-state index contributed by atoms with van der Waals surface area (Å²) in [7, 11) is 3.28. The number of quaternary nitrogens is 1. The van der Waals surface area contributed by atoms with E-state index in [9.17, 15) is 53.1 Å². The Hall–Kier alpha value is -1.34. The Bertz CT molecular complexity index is 726. The van der Waals surface area contributed by atoms with Crippen molar-refractivity contribution in [3.8, 4) is 0 Å². The molecule has 0 rings (SSSR count). The van der Waals surface area contributed by atoms with Crippen molar-refractivity contribution >= 4 is 5.91 Å². The van der Waals surface area contributed by atoms with E-state index >= 15 is 0 Å². The topological polar surface area (TPSA) is 29.1 Å². The molecular formula is C26H44F11N2O+. The van der Waals surface area contributed by atoms with Crippen LogP contribution >= 0.6 is 0 Å². The van der Waals surface area contributed by atoms with Crippen molar-refractivity contribution in [3.63, 3.8) is 0 Å². The smallest absolute Gasteiger partial charge is 0.345 e. The van der Waals surface area contributed by atoms with Crippen LogP contribution in [0.1, 0.15) is 96.8 Å². The average molecular weight is 610 g/mol. The third-order valence-corrected chi connectivity index (χ3v) is 6.94. The van der Waals surface area contributed by atoms with Crippen molar-refractivity contribution in [2.45, 2.75) is 127 Å². The third-order valence-electron chi connectivity index (χ3n) is 6.94. The molecule has 40 heavy (non-hydrogen) atoms. The summed E-state index contributed by atoms with van der Waals surface area (Å²) in [4.78, 5) is 11.5. The second-order valence-electron chi connectivity index (χ2n) is 11.0. The zero-order chi connectivity index (χ0) is 31.3. The lowest BCUT2D eigenvalue weighted by Gasteiger charge is -2.36. The zero-order valence-corrected chi connectivity index (χ0v) is 23.5. The summed E-state index contributed by atoms with van der Waals surface area (Å²) in [5.41, 5.74) is 0. The highest BCUT2D eigenvalue weighted by molar-refractivity contribution is 5.84. The quantitative estimate of drug-likeness (QED) is 0.0742. The molecule has 1 amide bonds. The number of rotatable bonds is 22. The molecule has 0 fully saturated rings. The lowest BCUT2D eigenvalue weighted by Crippen LogP contribution is -2.69. The van der Waals surface area contributed by atoms with Gasteiger partial charge in [0.1, 0.15) is 0 Å². The van der Waals surface area contributed by atoms with E-state index in [1.165, 1.54) is 63.1 Å². The van der Waals surface area contributed by atoms with Crippen molar-refractivity contribution in [1.82, 2.24) is 5.32 Å². The highest BCUT2D eigenvalue weighted by atomic mass is 19.4. The lowest BCUT2D eigenvalue weighted by molar-refractivity contribution is -0.889.